The largest absolute Gasteiger partial charge is 0.335 e. The molecule has 1 atom stereocenters. The quantitative estimate of drug-likeness (QED) is 0.568. The van der Waals surface area contributed by atoms with Gasteiger partial charge in [-0.3, -0.25) is 4.79 Å². The summed E-state index contributed by atoms with van der Waals surface area (Å²) in [4.78, 5) is 15.5. The lowest BCUT2D eigenvalue weighted by molar-refractivity contribution is -0.136. The summed E-state index contributed by atoms with van der Waals surface area (Å²) in [5.41, 5.74) is 3.06. The van der Waals surface area contributed by atoms with Crippen LogP contribution in [-0.2, 0) is 16.6 Å². The first-order valence-corrected chi connectivity index (χ1v) is 10.0. The van der Waals surface area contributed by atoms with Gasteiger partial charge in [-0.1, -0.05) is 45.2 Å². The van der Waals surface area contributed by atoms with Crippen LogP contribution in [-0.4, -0.2) is 17.4 Å². The van der Waals surface area contributed by atoms with Gasteiger partial charge >= 0.3 is 0 Å². The Morgan fingerprint density at radius 3 is 2.60 bits per heavy atom. The summed E-state index contributed by atoms with van der Waals surface area (Å²) in [6.07, 6.45) is 2.62. The molecule has 1 unspecified atom stereocenters. The Morgan fingerprint density at radius 1 is 1.16 bits per heavy atom. The number of fused-ring (bicyclic) bond motifs is 1. The molecule has 130 valence electrons. The molecule has 2 aromatic rings. The molecule has 0 aromatic heterocycles. The van der Waals surface area contributed by atoms with Gasteiger partial charge in [0.2, 0.25) is 5.91 Å². The minimum Gasteiger partial charge on any atom is -0.335 e. The van der Waals surface area contributed by atoms with Gasteiger partial charge in [-0.15, -0.1) is 0 Å². The van der Waals surface area contributed by atoms with E-state index in [4.69, 9.17) is 23.2 Å². The average Bonchev–Trinajstić information content (AvgIpc) is 3.35. The molecule has 0 radical (unpaired) electrons. The van der Waals surface area contributed by atoms with Crippen molar-refractivity contribution >= 4 is 45.0 Å². The maximum absolute atomic E-state index is 13.4. The molecule has 4 rings (SSSR count). The molecule has 1 saturated carbocycles. The number of hydrogen-bond donors (Lipinski definition) is 0. The summed E-state index contributed by atoms with van der Waals surface area (Å²) in [5, 5.41) is 1.42. The Balaban J connectivity index is 1.66. The predicted molar refractivity (Wildman–Crippen MR) is 105 cm³/mol. The first-order valence-electron chi connectivity index (χ1n) is 8.47. The van der Waals surface area contributed by atoms with Crippen molar-refractivity contribution in [2.24, 2.45) is 0 Å². The highest BCUT2D eigenvalue weighted by Crippen LogP contribution is 2.52. The molecule has 1 aliphatic carbocycles. The van der Waals surface area contributed by atoms with E-state index in [1.807, 2.05) is 35.2 Å². The lowest BCUT2D eigenvalue weighted by atomic mass is 9.89. The van der Waals surface area contributed by atoms with Crippen molar-refractivity contribution in [3.05, 3.63) is 67.6 Å². The number of carbonyl (C=O) groups excluding carboxylic acids is 1. The van der Waals surface area contributed by atoms with E-state index in [1.165, 1.54) is 11.1 Å². The summed E-state index contributed by atoms with van der Waals surface area (Å²) in [5.74, 6) is 0.217. The molecule has 0 bridgehead atoms. The number of benzene rings is 2. The fraction of sp³-hybridized carbons (Fsp3) is 0.350. The minimum atomic E-state index is -0.411. The van der Waals surface area contributed by atoms with Gasteiger partial charge < -0.3 is 4.90 Å². The van der Waals surface area contributed by atoms with Crippen LogP contribution in [0.1, 0.15) is 42.5 Å². The number of rotatable bonds is 2. The van der Waals surface area contributed by atoms with E-state index >= 15 is 0 Å². The van der Waals surface area contributed by atoms with E-state index < -0.39 is 5.41 Å². The Morgan fingerprint density at radius 2 is 1.92 bits per heavy atom. The third kappa shape index (κ3) is 3.01. The van der Waals surface area contributed by atoms with Crippen LogP contribution in [0.2, 0.25) is 10.0 Å². The molecule has 0 spiro atoms. The zero-order chi connectivity index (χ0) is 17.8. The average molecular weight is 439 g/mol. The van der Waals surface area contributed by atoms with E-state index in [0.29, 0.717) is 5.02 Å². The van der Waals surface area contributed by atoms with Crippen LogP contribution < -0.4 is 0 Å². The Bertz CT molecular complexity index is 843. The standard InChI is InChI=1S/C20H18BrCl2NO/c1-12-18-3-2-16(22)8-13(18)4-7-24(12)19(25)20(5-6-20)14-9-15(21)11-17(23)10-14/h2-3,8-12H,4-7H2,1H3. The highest BCUT2D eigenvalue weighted by atomic mass is 79.9. The third-order valence-electron chi connectivity index (χ3n) is 5.48. The zero-order valence-electron chi connectivity index (χ0n) is 13.9. The number of hydrogen-bond acceptors (Lipinski definition) is 1. The molecule has 1 heterocycles. The molecular weight excluding hydrogens is 421 g/mol. The monoisotopic (exact) mass is 437 g/mol. The van der Waals surface area contributed by atoms with E-state index in [1.54, 1.807) is 0 Å². The van der Waals surface area contributed by atoms with Crippen molar-refractivity contribution in [3.63, 3.8) is 0 Å². The van der Waals surface area contributed by atoms with Crippen molar-refractivity contribution < 1.29 is 4.79 Å². The smallest absolute Gasteiger partial charge is 0.233 e. The summed E-state index contributed by atoms with van der Waals surface area (Å²) in [7, 11) is 0. The van der Waals surface area contributed by atoms with Crippen LogP contribution in [0.25, 0.3) is 0 Å². The Labute approximate surface area is 166 Å². The highest BCUT2D eigenvalue weighted by molar-refractivity contribution is 9.10. The first kappa shape index (κ1) is 17.4. The SMILES string of the molecule is CC1c2ccc(Cl)cc2CCN1C(=O)C1(c2cc(Cl)cc(Br)c2)CC1. The molecule has 5 heteroatoms. The zero-order valence-corrected chi connectivity index (χ0v) is 17.0. The van der Waals surface area contributed by atoms with E-state index in [-0.39, 0.29) is 11.9 Å². The van der Waals surface area contributed by atoms with Gasteiger partial charge in [0.05, 0.1) is 11.5 Å². The summed E-state index contributed by atoms with van der Waals surface area (Å²) in [6, 6.07) is 11.9. The summed E-state index contributed by atoms with van der Waals surface area (Å²) < 4.78 is 0.917. The maximum Gasteiger partial charge on any atom is 0.233 e. The van der Waals surface area contributed by atoms with Crippen molar-refractivity contribution in [1.29, 1.82) is 0 Å². The number of nitrogens with zero attached hydrogens (tertiary/aromatic N) is 1. The molecule has 1 fully saturated rings. The molecule has 2 nitrogen and oxygen atoms in total. The van der Waals surface area contributed by atoms with Crippen molar-refractivity contribution in [3.8, 4) is 0 Å². The topological polar surface area (TPSA) is 20.3 Å². The fourth-order valence-corrected chi connectivity index (χ4v) is 4.99. The van der Waals surface area contributed by atoms with Gasteiger partial charge in [0.25, 0.3) is 0 Å². The van der Waals surface area contributed by atoms with Crippen LogP contribution in [0, 0.1) is 0 Å². The van der Waals surface area contributed by atoms with Gasteiger partial charge in [-0.25, -0.2) is 0 Å². The highest BCUT2D eigenvalue weighted by Gasteiger charge is 2.54. The van der Waals surface area contributed by atoms with Crippen molar-refractivity contribution in [1.82, 2.24) is 4.90 Å². The van der Waals surface area contributed by atoms with Crippen molar-refractivity contribution in [2.45, 2.75) is 37.6 Å². The Kier molecular flexibility index (Phi) is 4.38. The molecular formula is C20H18BrCl2NO. The lowest BCUT2D eigenvalue weighted by Gasteiger charge is -2.38. The van der Waals surface area contributed by atoms with Gasteiger partial charge in [-0.2, -0.15) is 0 Å². The lowest BCUT2D eigenvalue weighted by Crippen LogP contribution is -2.44. The molecule has 2 aromatic carbocycles. The maximum atomic E-state index is 13.4. The van der Waals surface area contributed by atoms with Crippen LogP contribution >= 0.6 is 39.1 Å². The fourth-order valence-electron chi connectivity index (χ4n) is 3.93. The van der Waals surface area contributed by atoms with Crippen LogP contribution in [0.3, 0.4) is 0 Å². The molecule has 1 amide bonds. The molecule has 1 aliphatic heterocycles. The second kappa shape index (κ2) is 6.29. The van der Waals surface area contributed by atoms with E-state index in [2.05, 4.69) is 28.9 Å². The molecule has 2 aliphatic rings. The number of carbonyl (C=O) groups is 1. The van der Waals surface area contributed by atoms with Crippen molar-refractivity contribution in [2.75, 3.05) is 6.54 Å². The second-order valence-electron chi connectivity index (χ2n) is 7.01. The number of amides is 1. The minimum absolute atomic E-state index is 0.0635. The molecule has 0 saturated heterocycles. The summed E-state index contributed by atoms with van der Waals surface area (Å²) in [6.45, 7) is 2.84. The normalized spacial score (nSPS) is 21.0. The van der Waals surface area contributed by atoms with Crippen LogP contribution in [0.15, 0.2) is 40.9 Å². The Hall–Kier alpha value is -1.03. The third-order valence-corrected chi connectivity index (χ3v) is 6.39. The molecule has 25 heavy (non-hydrogen) atoms. The van der Waals surface area contributed by atoms with Gasteiger partial charge in [0.15, 0.2) is 0 Å². The van der Waals surface area contributed by atoms with Crippen LogP contribution in [0.4, 0.5) is 0 Å². The first-order chi connectivity index (χ1) is 11.9. The summed E-state index contributed by atoms with van der Waals surface area (Å²) >= 11 is 15.8. The number of halogens is 3. The second-order valence-corrected chi connectivity index (χ2v) is 8.80. The molecule has 0 N–H and O–H groups in total. The van der Waals surface area contributed by atoms with Crippen LogP contribution in [0.5, 0.6) is 0 Å². The van der Waals surface area contributed by atoms with E-state index in [0.717, 1.165) is 40.9 Å². The van der Waals surface area contributed by atoms with Gasteiger partial charge in [-0.05, 0) is 73.2 Å². The van der Waals surface area contributed by atoms with E-state index in [9.17, 15) is 4.79 Å². The predicted octanol–water partition coefficient (Wildman–Crippen LogP) is 5.93. The van der Waals surface area contributed by atoms with Gasteiger partial charge in [0.1, 0.15) is 0 Å². The van der Waals surface area contributed by atoms with Gasteiger partial charge in [0, 0.05) is 21.1 Å².